The molecule has 4 rings (SSSR count). The molecular weight excluding hydrogens is 542 g/mol. The molecule has 0 radical (unpaired) electrons. The molecule has 42 heavy (non-hydrogen) atoms. The highest BCUT2D eigenvalue weighted by Crippen LogP contribution is 2.65. The van der Waals surface area contributed by atoms with E-state index in [1.807, 2.05) is 20.8 Å². The standard InChI is InChI=1S/C30H49N5O7/c1-28(2,3)22(34-27(41)42-29(4,5)6)26(40)35-14-17-19(30(17,7)8)20(35)24(38)33-18(13-15-11-12-31-23(15)37)21(36)25(39)32-16-9-10-16/h15-22,36H,9-14H2,1-8H3,(H,31,37)(H,32,39)(H,33,38)(H,34,41)/t15-,17+,18?,19+,20-,21?,22+/m0/s1. The molecule has 0 aromatic carbocycles. The van der Waals surface area contributed by atoms with Crippen LogP contribution in [0, 0.1) is 28.6 Å². The van der Waals surface area contributed by atoms with Crippen molar-refractivity contribution >= 4 is 29.7 Å². The zero-order valence-electron chi connectivity index (χ0n) is 26.2. The van der Waals surface area contributed by atoms with Crippen LogP contribution in [0.25, 0.3) is 0 Å². The summed E-state index contributed by atoms with van der Waals surface area (Å²) < 4.78 is 5.42. The SMILES string of the molecule is CC(C)(C)OC(=O)N[C@H](C(=O)N1C[C@@H]2[C@H]([C@H]1C(=O)NC(C[C@@H]1CCNC1=O)C(O)C(=O)NC1CC1)C2(C)C)C(C)(C)C. The number of piperidine rings is 1. The van der Waals surface area contributed by atoms with Gasteiger partial charge in [0.25, 0.3) is 5.91 Å². The fourth-order valence-corrected chi connectivity index (χ4v) is 6.46. The minimum absolute atomic E-state index is 0.0149. The normalized spacial score (nSPS) is 28.6. The molecule has 2 aliphatic carbocycles. The Labute approximate surface area is 248 Å². The number of nitrogens with one attached hydrogen (secondary N) is 4. The van der Waals surface area contributed by atoms with Gasteiger partial charge in [-0.1, -0.05) is 34.6 Å². The van der Waals surface area contributed by atoms with Gasteiger partial charge in [0, 0.05) is 25.0 Å². The van der Waals surface area contributed by atoms with Crippen LogP contribution in [-0.4, -0.2) is 88.7 Å². The second kappa shape index (κ2) is 11.3. The van der Waals surface area contributed by atoms with Crippen LogP contribution >= 0.6 is 0 Å². The zero-order chi connectivity index (χ0) is 31.4. The maximum atomic E-state index is 14.1. The number of likely N-dealkylation sites (tertiary alicyclic amines) is 1. The van der Waals surface area contributed by atoms with Crippen molar-refractivity contribution in [2.24, 2.45) is 28.6 Å². The number of fused-ring (bicyclic) bond motifs is 1. The van der Waals surface area contributed by atoms with Crippen LogP contribution in [-0.2, 0) is 23.9 Å². The van der Waals surface area contributed by atoms with Gasteiger partial charge in [0.15, 0.2) is 6.10 Å². The Hall–Kier alpha value is -2.89. The van der Waals surface area contributed by atoms with Crippen LogP contribution < -0.4 is 21.3 Å². The molecule has 5 N–H and O–H groups in total. The summed E-state index contributed by atoms with van der Waals surface area (Å²) in [5, 5.41) is 22.2. The number of nitrogens with zero attached hydrogens (tertiary/aromatic N) is 1. The average Bonchev–Trinajstić information content (AvgIpc) is 3.61. The number of carbonyl (C=O) groups is 5. The molecule has 2 unspecified atom stereocenters. The maximum Gasteiger partial charge on any atom is 0.408 e. The number of alkyl carbamates (subject to hydrolysis) is 1. The zero-order valence-corrected chi connectivity index (χ0v) is 26.2. The Morgan fingerprint density at radius 3 is 2.24 bits per heavy atom. The van der Waals surface area contributed by atoms with E-state index in [1.165, 1.54) is 4.90 Å². The average molecular weight is 592 g/mol. The summed E-state index contributed by atoms with van der Waals surface area (Å²) >= 11 is 0. The van der Waals surface area contributed by atoms with Crippen molar-refractivity contribution in [2.75, 3.05) is 13.1 Å². The molecule has 2 heterocycles. The van der Waals surface area contributed by atoms with Crippen molar-refractivity contribution in [1.82, 2.24) is 26.2 Å². The Bertz CT molecular complexity index is 1110. The predicted molar refractivity (Wildman–Crippen MR) is 154 cm³/mol. The van der Waals surface area contributed by atoms with Gasteiger partial charge in [0.1, 0.15) is 17.7 Å². The van der Waals surface area contributed by atoms with Crippen molar-refractivity contribution < 1.29 is 33.8 Å². The summed E-state index contributed by atoms with van der Waals surface area (Å²) in [6.45, 7) is 15.7. The quantitative estimate of drug-likeness (QED) is 0.267. The molecule has 4 fully saturated rings. The molecule has 0 aromatic heterocycles. The van der Waals surface area contributed by atoms with Crippen molar-refractivity contribution in [1.29, 1.82) is 0 Å². The first kappa shape index (κ1) is 32.0. The summed E-state index contributed by atoms with van der Waals surface area (Å²) in [7, 11) is 0. The van der Waals surface area contributed by atoms with Crippen LogP contribution in [0.2, 0.25) is 0 Å². The van der Waals surface area contributed by atoms with E-state index in [0.29, 0.717) is 19.5 Å². The van der Waals surface area contributed by atoms with E-state index in [-0.39, 0.29) is 35.6 Å². The van der Waals surface area contributed by atoms with Gasteiger partial charge in [0.05, 0.1) is 6.04 Å². The number of rotatable bonds is 9. The number of aliphatic hydroxyl groups is 1. The molecule has 2 aliphatic heterocycles. The summed E-state index contributed by atoms with van der Waals surface area (Å²) in [4.78, 5) is 67.5. The summed E-state index contributed by atoms with van der Waals surface area (Å²) in [6, 6.07) is -2.82. The molecule has 236 valence electrons. The number of carbonyl (C=O) groups excluding carboxylic acids is 5. The minimum Gasteiger partial charge on any atom is -0.444 e. The van der Waals surface area contributed by atoms with Crippen LogP contribution in [0.5, 0.6) is 0 Å². The number of amides is 5. The Morgan fingerprint density at radius 2 is 1.71 bits per heavy atom. The lowest BCUT2D eigenvalue weighted by Gasteiger charge is -2.38. The number of hydrogen-bond donors (Lipinski definition) is 5. The lowest BCUT2D eigenvalue weighted by Crippen LogP contribution is -2.61. The third-order valence-corrected chi connectivity index (χ3v) is 9.14. The maximum absolute atomic E-state index is 14.1. The minimum atomic E-state index is -1.55. The van der Waals surface area contributed by atoms with E-state index in [0.717, 1.165) is 12.8 Å². The van der Waals surface area contributed by atoms with Crippen molar-refractivity contribution in [3.8, 4) is 0 Å². The third-order valence-electron chi connectivity index (χ3n) is 9.14. The first-order valence-electron chi connectivity index (χ1n) is 15.2. The summed E-state index contributed by atoms with van der Waals surface area (Å²) in [5.74, 6) is -2.12. The van der Waals surface area contributed by atoms with E-state index in [2.05, 4.69) is 35.1 Å². The van der Waals surface area contributed by atoms with Crippen LogP contribution in [0.4, 0.5) is 4.79 Å². The smallest absolute Gasteiger partial charge is 0.408 e. The second-order valence-electron chi connectivity index (χ2n) is 15.2. The molecule has 5 amide bonds. The molecule has 0 aromatic rings. The van der Waals surface area contributed by atoms with Gasteiger partial charge in [-0.15, -0.1) is 0 Å². The second-order valence-corrected chi connectivity index (χ2v) is 15.2. The number of hydrogen-bond acceptors (Lipinski definition) is 7. The monoisotopic (exact) mass is 591 g/mol. The lowest BCUT2D eigenvalue weighted by molar-refractivity contribution is -0.145. The van der Waals surface area contributed by atoms with Crippen LogP contribution in [0.3, 0.4) is 0 Å². The molecule has 12 nitrogen and oxygen atoms in total. The fourth-order valence-electron chi connectivity index (χ4n) is 6.46. The fraction of sp³-hybridized carbons (Fsp3) is 0.833. The Morgan fingerprint density at radius 1 is 1.07 bits per heavy atom. The third kappa shape index (κ3) is 7.01. The molecule has 0 spiro atoms. The van der Waals surface area contributed by atoms with Crippen molar-refractivity contribution in [3.05, 3.63) is 0 Å². The van der Waals surface area contributed by atoms with Gasteiger partial charge >= 0.3 is 6.09 Å². The molecular formula is C30H49N5O7. The molecule has 12 heteroatoms. The molecule has 4 aliphatic rings. The highest BCUT2D eigenvalue weighted by atomic mass is 16.6. The highest BCUT2D eigenvalue weighted by Gasteiger charge is 2.70. The van der Waals surface area contributed by atoms with Gasteiger partial charge in [-0.3, -0.25) is 19.2 Å². The predicted octanol–water partition coefficient (Wildman–Crippen LogP) is 1.06. The molecule has 7 atom stereocenters. The van der Waals surface area contributed by atoms with Gasteiger partial charge in [-0.2, -0.15) is 0 Å². The highest BCUT2D eigenvalue weighted by molar-refractivity contribution is 5.94. The summed E-state index contributed by atoms with van der Waals surface area (Å²) in [6.07, 6.45) is 0.0414. The van der Waals surface area contributed by atoms with Gasteiger partial charge in [0.2, 0.25) is 17.7 Å². The number of aliphatic hydroxyl groups excluding tert-OH is 1. The first-order chi connectivity index (χ1) is 19.3. The molecule has 0 bridgehead atoms. The Kier molecular flexibility index (Phi) is 8.63. The molecule has 2 saturated carbocycles. The van der Waals surface area contributed by atoms with Crippen LogP contribution in [0.1, 0.15) is 81.1 Å². The Balaban J connectivity index is 1.56. The van der Waals surface area contributed by atoms with Crippen molar-refractivity contribution in [3.63, 3.8) is 0 Å². The number of ether oxygens (including phenoxy) is 1. The van der Waals surface area contributed by atoms with E-state index >= 15 is 0 Å². The van der Waals surface area contributed by atoms with E-state index in [1.54, 1.807) is 20.8 Å². The van der Waals surface area contributed by atoms with E-state index < -0.39 is 65.0 Å². The van der Waals surface area contributed by atoms with Crippen molar-refractivity contribution in [2.45, 2.75) is 117 Å². The molecule has 2 saturated heterocycles. The van der Waals surface area contributed by atoms with E-state index in [4.69, 9.17) is 4.74 Å². The topological polar surface area (TPSA) is 166 Å². The largest absolute Gasteiger partial charge is 0.444 e. The van der Waals surface area contributed by atoms with Gasteiger partial charge < -0.3 is 36.0 Å². The lowest BCUT2D eigenvalue weighted by atomic mass is 9.85. The summed E-state index contributed by atoms with van der Waals surface area (Å²) in [5.41, 5.74) is -1.63. The van der Waals surface area contributed by atoms with Gasteiger partial charge in [-0.25, -0.2) is 4.79 Å². The van der Waals surface area contributed by atoms with Crippen LogP contribution in [0.15, 0.2) is 0 Å². The van der Waals surface area contributed by atoms with E-state index in [9.17, 15) is 29.1 Å². The first-order valence-corrected chi connectivity index (χ1v) is 15.2. The van der Waals surface area contributed by atoms with Gasteiger partial charge in [-0.05, 0) is 69.1 Å².